The number of carbonyl (C=O) groups is 1. The standard InChI is InChI=1S/C37H23ClN4O3S2/c1-37(2)28-15-21(25-11-13-40-20-22(25)19-39)7-10-32(28)42(31-12-14-41-30-6-4-3-5-26(30)31)36-29(37)17-24(46-36)18-34-35(43)27-9-8-23(38)16-33(27)47(34,44)45/h3-18,20H,1-2H3/b34-18-. The Morgan fingerprint density at radius 1 is 0.936 bits per heavy atom. The van der Waals surface area contributed by atoms with Gasteiger partial charge in [0.2, 0.25) is 15.6 Å². The fraction of sp³-hybridized carbons (Fsp3) is 0.0811. The van der Waals surface area contributed by atoms with Crippen LogP contribution < -0.4 is 4.90 Å². The summed E-state index contributed by atoms with van der Waals surface area (Å²) in [7, 11) is -4.06. The highest BCUT2D eigenvalue weighted by atomic mass is 35.5. The van der Waals surface area contributed by atoms with Gasteiger partial charge in [0.05, 0.1) is 27.4 Å². The summed E-state index contributed by atoms with van der Waals surface area (Å²) in [5.74, 6) is -0.544. The number of fused-ring (bicyclic) bond motifs is 4. The number of aromatic nitrogens is 2. The van der Waals surface area contributed by atoms with E-state index in [0.29, 0.717) is 10.4 Å². The van der Waals surface area contributed by atoms with Crippen molar-refractivity contribution >= 4 is 71.9 Å². The zero-order chi connectivity index (χ0) is 32.7. The maximum atomic E-state index is 13.6. The number of rotatable bonds is 3. The number of pyridine rings is 2. The number of anilines is 3. The van der Waals surface area contributed by atoms with Crippen LogP contribution in [0.2, 0.25) is 5.02 Å². The summed E-state index contributed by atoms with van der Waals surface area (Å²) in [5, 5.41) is 11.9. The molecule has 0 radical (unpaired) electrons. The van der Waals surface area contributed by atoms with E-state index in [1.54, 1.807) is 18.6 Å². The van der Waals surface area contributed by atoms with Crippen molar-refractivity contribution in [1.82, 2.24) is 9.97 Å². The lowest BCUT2D eigenvalue weighted by Crippen LogP contribution is -2.29. The molecule has 3 aromatic heterocycles. The molecule has 0 saturated carbocycles. The van der Waals surface area contributed by atoms with Gasteiger partial charge in [-0.05, 0) is 77.4 Å². The largest absolute Gasteiger partial charge is 0.301 e. The van der Waals surface area contributed by atoms with E-state index in [1.807, 2.05) is 48.5 Å². The van der Waals surface area contributed by atoms with Crippen LogP contribution in [0, 0.1) is 11.3 Å². The number of nitrogens with zero attached hydrogens (tertiary/aromatic N) is 4. The summed E-state index contributed by atoms with van der Waals surface area (Å²) in [5.41, 5.74) is 6.42. The molecule has 7 nitrogen and oxygen atoms in total. The molecule has 0 bridgehead atoms. The number of Topliss-reactive ketones (excluding diaryl/α,β-unsaturated/α-hetero) is 1. The third-order valence-electron chi connectivity index (χ3n) is 8.90. The molecule has 0 saturated heterocycles. The first kappa shape index (κ1) is 29.3. The summed E-state index contributed by atoms with van der Waals surface area (Å²) in [6, 6.07) is 26.5. The van der Waals surface area contributed by atoms with Gasteiger partial charge in [0.25, 0.3) is 0 Å². The topological polar surface area (TPSA) is 104 Å². The van der Waals surface area contributed by atoms with Crippen LogP contribution in [0.3, 0.4) is 0 Å². The van der Waals surface area contributed by atoms with Crippen molar-refractivity contribution in [2.45, 2.75) is 24.2 Å². The minimum absolute atomic E-state index is 0.0689. The highest BCUT2D eigenvalue weighted by Gasteiger charge is 2.42. The average molecular weight is 671 g/mol. The maximum absolute atomic E-state index is 13.6. The number of nitriles is 1. The number of sulfone groups is 1. The molecule has 8 rings (SSSR count). The smallest absolute Gasteiger partial charge is 0.211 e. The number of ketones is 1. The van der Waals surface area contributed by atoms with E-state index in [4.69, 9.17) is 11.6 Å². The minimum Gasteiger partial charge on any atom is -0.301 e. The molecule has 10 heteroatoms. The van der Waals surface area contributed by atoms with Crippen LogP contribution in [0.1, 0.15) is 45.8 Å². The second-order valence-corrected chi connectivity index (χ2v) is 15.3. The second-order valence-electron chi connectivity index (χ2n) is 11.9. The molecule has 6 aromatic rings. The van der Waals surface area contributed by atoms with Gasteiger partial charge in [-0.25, -0.2) is 8.42 Å². The molecule has 0 unspecified atom stereocenters. The number of thiophene rings is 1. The predicted octanol–water partition coefficient (Wildman–Crippen LogP) is 9.00. The molecule has 0 N–H and O–H groups in total. The van der Waals surface area contributed by atoms with Gasteiger partial charge in [-0.2, -0.15) is 5.26 Å². The summed E-state index contributed by atoms with van der Waals surface area (Å²) >= 11 is 7.54. The van der Waals surface area contributed by atoms with Crippen LogP contribution in [-0.4, -0.2) is 24.2 Å². The van der Waals surface area contributed by atoms with Crippen LogP contribution >= 0.6 is 22.9 Å². The number of benzene rings is 3. The van der Waals surface area contributed by atoms with Crippen molar-refractivity contribution in [3.63, 3.8) is 0 Å². The first-order chi connectivity index (χ1) is 22.6. The minimum atomic E-state index is -4.06. The molecule has 0 spiro atoms. The number of allylic oxidation sites excluding steroid dienone is 1. The average Bonchev–Trinajstić information content (AvgIpc) is 3.58. The van der Waals surface area contributed by atoms with E-state index in [1.165, 1.54) is 35.6 Å². The molecule has 3 aromatic carbocycles. The van der Waals surface area contributed by atoms with Gasteiger partial charge in [-0.3, -0.25) is 14.8 Å². The van der Waals surface area contributed by atoms with Crippen LogP contribution in [0.5, 0.6) is 0 Å². The lowest BCUT2D eigenvalue weighted by Gasteiger charge is -2.40. The van der Waals surface area contributed by atoms with Gasteiger partial charge in [0.1, 0.15) is 16.0 Å². The molecule has 228 valence electrons. The monoisotopic (exact) mass is 670 g/mol. The van der Waals surface area contributed by atoms with Gasteiger partial charge in [-0.1, -0.05) is 49.7 Å². The van der Waals surface area contributed by atoms with Crippen molar-refractivity contribution in [2.24, 2.45) is 0 Å². The number of carbonyl (C=O) groups excluding carboxylic acids is 1. The Morgan fingerprint density at radius 2 is 1.77 bits per heavy atom. The molecule has 2 aliphatic rings. The Labute approximate surface area is 280 Å². The van der Waals surface area contributed by atoms with Gasteiger partial charge in [0, 0.05) is 50.4 Å². The predicted molar refractivity (Wildman–Crippen MR) is 185 cm³/mol. The number of hydrogen-bond donors (Lipinski definition) is 0. The molecular formula is C37H23ClN4O3S2. The zero-order valence-electron chi connectivity index (χ0n) is 25.0. The van der Waals surface area contributed by atoms with Crippen LogP contribution in [-0.2, 0) is 15.3 Å². The molecule has 0 aliphatic carbocycles. The maximum Gasteiger partial charge on any atom is 0.211 e. The van der Waals surface area contributed by atoms with Crippen LogP contribution in [0.25, 0.3) is 28.1 Å². The second kappa shape index (κ2) is 10.4. The van der Waals surface area contributed by atoms with Crippen molar-refractivity contribution in [2.75, 3.05) is 4.90 Å². The highest BCUT2D eigenvalue weighted by Crippen LogP contribution is 2.57. The Kier molecular flexibility index (Phi) is 6.50. The summed E-state index contributed by atoms with van der Waals surface area (Å²) in [4.78, 5) is 24.6. The van der Waals surface area contributed by atoms with E-state index in [-0.39, 0.29) is 20.4 Å². The van der Waals surface area contributed by atoms with Crippen LogP contribution in [0.4, 0.5) is 16.4 Å². The molecule has 5 heterocycles. The van der Waals surface area contributed by atoms with Crippen molar-refractivity contribution in [3.8, 4) is 17.2 Å². The lowest BCUT2D eigenvalue weighted by molar-refractivity contribution is 0.104. The van der Waals surface area contributed by atoms with Gasteiger partial charge >= 0.3 is 0 Å². The first-order valence-electron chi connectivity index (χ1n) is 14.7. The van der Waals surface area contributed by atoms with Crippen molar-refractivity contribution in [1.29, 1.82) is 5.26 Å². The Balaban J connectivity index is 1.36. The SMILES string of the molecule is CC1(C)c2cc(-c3ccncc3C#N)ccc2N(c2ccnc3ccccc23)c2sc(/C=C3/C(=O)c4ccc(Cl)cc4S3(=O)=O)cc21. The fourth-order valence-corrected chi connectivity index (χ4v) is 9.75. The Hall–Kier alpha value is -5.14. The molecule has 0 fully saturated rings. The van der Waals surface area contributed by atoms with E-state index >= 15 is 0 Å². The molecule has 0 atom stereocenters. The molecule has 0 amide bonds. The number of hydrogen-bond acceptors (Lipinski definition) is 8. The number of halogens is 1. The summed E-state index contributed by atoms with van der Waals surface area (Å²) < 4.78 is 27.1. The quantitative estimate of drug-likeness (QED) is 0.173. The lowest BCUT2D eigenvalue weighted by atomic mass is 9.74. The normalized spacial score (nSPS) is 16.5. The van der Waals surface area contributed by atoms with Crippen molar-refractivity contribution in [3.05, 3.63) is 135 Å². The van der Waals surface area contributed by atoms with Gasteiger partial charge in [-0.15, -0.1) is 11.3 Å². The summed E-state index contributed by atoms with van der Waals surface area (Å²) in [6.45, 7) is 4.26. The number of para-hydroxylation sites is 1. The third-order valence-corrected chi connectivity index (χ3v) is 12.0. The fourth-order valence-electron chi connectivity index (χ4n) is 6.54. The molecular weight excluding hydrogens is 648 g/mol. The van der Waals surface area contributed by atoms with E-state index in [0.717, 1.165) is 49.5 Å². The third kappa shape index (κ3) is 4.37. The van der Waals surface area contributed by atoms with Gasteiger partial charge < -0.3 is 4.90 Å². The van der Waals surface area contributed by atoms with E-state index in [9.17, 15) is 18.5 Å². The zero-order valence-corrected chi connectivity index (χ0v) is 27.4. The highest BCUT2D eigenvalue weighted by molar-refractivity contribution is 7.97. The van der Waals surface area contributed by atoms with Crippen LogP contribution in [0.15, 0.2) is 107 Å². The molecule has 47 heavy (non-hydrogen) atoms. The summed E-state index contributed by atoms with van der Waals surface area (Å²) in [6.07, 6.45) is 6.51. The Bertz CT molecular complexity index is 2520. The van der Waals surface area contributed by atoms with E-state index in [2.05, 4.69) is 46.9 Å². The first-order valence-corrected chi connectivity index (χ1v) is 17.4. The Morgan fingerprint density at radius 3 is 2.60 bits per heavy atom. The van der Waals surface area contributed by atoms with Crippen molar-refractivity contribution < 1.29 is 13.2 Å². The van der Waals surface area contributed by atoms with E-state index < -0.39 is 21.0 Å². The van der Waals surface area contributed by atoms with Gasteiger partial charge in [0.15, 0.2) is 0 Å². The molecule has 2 aliphatic heterocycles.